The molecule has 33 heavy (non-hydrogen) atoms. The minimum atomic E-state index is -3.67. The van der Waals surface area contributed by atoms with Crippen molar-refractivity contribution < 1.29 is 22.0 Å². The number of aryl methyl sites for hydroxylation is 1. The van der Waals surface area contributed by atoms with Crippen molar-refractivity contribution in [2.24, 2.45) is 0 Å². The van der Waals surface area contributed by atoms with Gasteiger partial charge in [-0.05, 0) is 55.2 Å². The van der Waals surface area contributed by atoms with Gasteiger partial charge in [0.2, 0.25) is 10.0 Å². The minimum Gasteiger partial charge on any atom is -0.349 e. The summed E-state index contributed by atoms with van der Waals surface area (Å²) < 4.78 is 53.8. The van der Waals surface area contributed by atoms with Crippen LogP contribution in [0, 0.1) is 18.6 Å². The van der Waals surface area contributed by atoms with E-state index in [1.54, 1.807) is 39.0 Å². The molecule has 0 aliphatic carbocycles. The molecule has 180 valence electrons. The molecule has 9 heteroatoms. The van der Waals surface area contributed by atoms with Gasteiger partial charge in [-0.15, -0.1) is 0 Å². The molecular formula is C24H31F2N3O3S. The molecule has 0 atom stereocenters. The Labute approximate surface area is 194 Å². The molecular weight excluding hydrogens is 448 g/mol. The third kappa shape index (κ3) is 5.96. The molecule has 0 aromatic heterocycles. The third-order valence-electron chi connectivity index (χ3n) is 6.09. The van der Waals surface area contributed by atoms with E-state index in [0.29, 0.717) is 62.3 Å². The second-order valence-corrected chi connectivity index (χ2v) is 10.2. The van der Waals surface area contributed by atoms with Gasteiger partial charge in [0, 0.05) is 44.3 Å². The quantitative estimate of drug-likeness (QED) is 0.627. The van der Waals surface area contributed by atoms with Gasteiger partial charge in [-0.2, -0.15) is 4.31 Å². The lowest BCUT2D eigenvalue weighted by Gasteiger charge is -2.32. The summed E-state index contributed by atoms with van der Waals surface area (Å²) in [7, 11) is -3.67. The normalized spacial score (nSPS) is 15.7. The van der Waals surface area contributed by atoms with Gasteiger partial charge in [0.1, 0.15) is 0 Å². The van der Waals surface area contributed by atoms with Crippen LogP contribution in [0.4, 0.5) is 8.78 Å². The fraction of sp³-hybridized carbons (Fsp3) is 0.458. The van der Waals surface area contributed by atoms with E-state index < -0.39 is 21.7 Å². The number of nitrogens with zero attached hydrogens (tertiary/aromatic N) is 2. The molecule has 1 N–H and O–H groups in total. The maximum Gasteiger partial charge on any atom is 0.251 e. The van der Waals surface area contributed by atoms with Gasteiger partial charge in [0.15, 0.2) is 11.6 Å². The van der Waals surface area contributed by atoms with Crippen LogP contribution in [-0.2, 0) is 16.6 Å². The predicted molar refractivity (Wildman–Crippen MR) is 123 cm³/mol. The lowest BCUT2D eigenvalue weighted by Crippen LogP contribution is -2.44. The van der Waals surface area contributed by atoms with Gasteiger partial charge in [-0.3, -0.25) is 9.69 Å². The molecule has 2 aromatic rings. The van der Waals surface area contributed by atoms with E-state index in [4.69, 9.17) is 0 Å². The maximum atomic E-state index is 13.4. The maximum absolute atomic E-state index is 13.4. The summed E-state index contributed by atoms with van der Waals surface area (Å²) in [6.45, 7) is 7.94. The number of halogens is 2. The summed E-state index contributed by atoms with van der Waals surface area (Å²) in [6.07, 6.45) is 1.43. The van der Waals surface area contributed by atoms with Crippen LogP contribution >= 0.6 is 0 Å². The molecule has 0 saturated carbocycles. The van der Waals surface area contributed by atoms with Crippen molar-refractivity contribution in [2.45, 2.75) is 51.1 Å². The average molecular weight is 480 g/mol. The Bertz CT molecular complexity index is 1100. The molecule has 3 rings (SSSR count). The highest BCUT2D eigenvalue weighted by Gasteiger charge is 2.26. The van der Waals surface area contributed by atoms with Crippen molar-refractivity contribution in [1.29, 1.82) is 0 Å². The summed E-state index contributed by atoms with van der Waals surface area (Å²) in [5.74, 6) is -2.01. The predicted octanol–water partition coefficient (Wildman–Crippen LogP) is 3.70. The number of rotatable bonds is 8. The fourth-order valence-electron chi connectivity index (χ4n) is 4.12. The van der Waals surface area contributed by atoms with E-state index in [9.17, 15) is 22.0 Å². The number of hydrogen-bond acceptors (Lipinski definition) is 4. The molecule has 6 nitrogen and oxygen atoms in total. The van der Waals surface area contributed by atoms with E-state index in [1.165, 1.54) is 16.4 Å². The van der Waals surface area contributed by atoms with Crippen LogP contribution in [-0.4, -0.2) is 55.8 Å². The second-order valence-electron chi connectivity index (χ2n) is 8.34. The number of nitrogens with one attached hydrogen (secondary N) is 1. The van der Waals surface area contributed by atoms with Crippen molar-refractivity contribution in [2.75, 3.05) is 26.2 Å². The monoisotopic (exact) mass is 479 g/mol. The van der Waals surface area contributed by atoms with Gasteiger partial charge in [0.25, 0.3) is 5.91 Å². The van der Waals surface area contributed by atoms with Crippen molar-refractivity contribution in [3.63, 3.8) is 0 Å². The van der Waals surface area contributed by atoms with Crippen molar-refractivity contribution >= 4 is 15.9 Å². The number of carbonyl (C=O) groups excluding carboxylic acids is 1. The topological polar surface area (TPSA) is 69.7 Å². The Morgan fingerprint density at radius 3 is 2.33 bits per heavy atom. The number of benzene rings is 2. The Morgan fingerprint density at radius 2 is 1.73 bits per heavy atom. The molecule has 2 aromatic carbocycles. The van der Waals surface area contributed by atoms with E-state index in [0.717, 1.165) is 6.07 Å². The number of amides is 1. The first-order valence-corrected chi connectivity index (χ1v) is 12.7. The molecule has 1 saturated heterocycles. The lowest BCUT2D eigenvalue weighted by atomic mass is 10.0. The SMILES string of the molecule is CCN(CC)S(=O)(=O)c1cc(C(=O)NC2CCN(Cc3ccc(F)c(F)c3)CC2)ccc1C. The number of likely N-dealkylation sites (tertiary alicyclic amines) is 1. The standard InChI is InChI=1S/C24H31F2N3O3S/c1-4-29(5-2)33(31,32)23-15-19(8-6-17(23)3)24(30)27-20-10-12-28(13-11-20)16-18-7-9-21(25)22(26)14-18/h6-9,14-15,20H,4-5,10-13,16H2,1-3H3,(H,27,30). The molecule has 0 bridgehead atoms. The number of sulfonamides is 1. The number of carbonyl (C=O) groups is 1. The number of piperidine rings is 1. The molecule has 0 unspecified atom stereocenters. The first-order valence-electron chi connectivity index (χ1n) is 11.2. The summed E-state index contributed by atoms with van der Waals surface area (Å²) in [4.78, 5) is 15.1. The van der Waals surface area contributed by atoms with Crippen LogP contribution in [0.15, 0.2) is 41.3 Å². The van der Waals surface area contributed by atoms with E-state index >= 15 is 0 Å². The largest absolute Gasteiger partial charge is 0.349 e. The zero-order valence-electron chi connectivity index (χ0n) is 19.3. The lowest BCUT2D eigenvalue weighted by molar-refractivity contribution is 0.0908. The summed E-state index contributed by atoms with van der Waals surface area (Å²) in [5.41, 5.74) is 1.62. The second kappa shape index (κ2) is 10.7. The molecule has 0 radical (unpaired) electrons. The van der Waals surface area contributed by atoms with E-state index in [-0.39, 0.29) is 16.8 Å². The van der Waals surface area contributed by atoms with Gasteiger partial charge in [0.05, 0.1) is 4.90 Å². The van der Waals surface area contributed by atoms with E-state index in [1.807, 2.05) is 0 Å². The first kappa shape index (κ1) is 25.3. The first-order chi connectivity index (χ1) is 15.6. The third-order valence-corrected chi connectivity index (χ3v) is 8.28. The Hall–Kier alpha value is -2.36. The highest BCUT2D eigenvalue weighted by molar-refractivity contribution is 7.89. The smallest absolute Gasteiger partial charge is 0.251 e. The van der Waals surface area contributed by atoms with Crippen LogP contribution in [0.3, 0.4) is 0 Å². The summed E-state index contributed by atoms with van der Waals surface area (Å²) >= 11 is 0. The highest BCUT2D eigenvalue weighted by atomic mass is 32.2. The van der Waals surface area contributed by atoms with Crippen molar-refractivity contribution in [3.8, 4) is 0 Å². The molecule has 1 aliphatic rings. The van der Waals surface area contributed by atoms with Crippen molar-refractivity contribution in [3.05, 3.63) is 64.7 Å². The van der Waals surface area contributed by atoms with Crippen LogP contribution in [0.5, 0.6) is 0 Å². The Balaban J connectivity index is 1.61. The molecule has 1 amide bonds. The average Bonchev–Trinajstić information content (AvgIpc) is 2.78. The molecule has 1 aliphatic heterocycles. The van der Waals surface area contributed by atoms with Gasteiger partial charge < -0.3 is 5.32 Å². The Morgan fingerprint density at radius 1 is 1.06 bits per heavy atom. The molecule has 1 fully saturated rings. The highest BCUT2D eigenvalue weighted by Crippen LogP contribution is 2.22. The zero-order valence-corrected chi connectivity index (χ0v) is 20.1. The summed E-state index contributed by atoms with van der Waals surface area (Å²) in [6, 6.07) is 8.64. The number of hydrogen-bond donors (Lipinski definition) is 1. The Kier molecular flexibility index (Phi) is 8.20. The minimum absolute atomic E-state index is 0.0390. The molecule has 0 spiro atoms. The van der Waals surface area contributed by atoms with E-state index in [2.05, 4.69) is 10.2 Å². The summed E-state index contributed by atoms with van der Waals surface area (Å²) in [5, 5.41) is 3.01. The van der Waals surface area contributed by atoms with Gasteiger partial charge in [-0.1, -0.05) is 26.0 Å². The van der Waals surface area contributed by atoms with Gasteiger partial charge >= 0.3 is 0 Å². The van der Waals surface area contributed by atoms with Gasteiger partial charge in [-0.25, -0.2) is 17.2 Å². The fourth-order valence-corrected chi connectivity index (χ4v) is 5.83. The van der Waals surface area contributed by atoms with Crippen LogP contribution in [0.2, 0.25) is 0 Å². The van der Waals surface area contributed by atoms with Crippen molar-refractivity contribution in [1.82, 2.24) is 14.5 Å². The van der Waals surface area contributed by atoms with Crippen LogP contribution < -0.4 is 5.32 Å². The zero-order chi connectivity index (χ0) is 24.2. The molecule has 1 heterocycles. The van der Waals surface area contributed by atoms with Crippen LogP contribution in [0.25, 0.3) is 0 Å². The van der Waals surface area contributed by atoms with Crippen LogP contribution in [0.1, 0.15) is 48.2 Å².